The zero-order valence-electron chi connectivity index (χ0n) is 10.7. The molecule has 0 saturated carbocycles. The van der Waals surface area contributed by atoms with Crippen molar-refractivity contribution in [3.05, 3.63) is 30.0 Å². The van der Waals surface area contributed by atoms with Gasteiger partial charge in [-0.2, -0.15) is 10.2 Å². The first-order valence-electron chi connectivity index (χ1n) is 6.14. The third kappa shape index (κ3) is 3.05. The lowest BCUT2D eigenvalue weighted by atomic mass is 10.2. The quantitative estimate of drug-likeness (QED) is 0.832. The smallest absolute Gasteiger partial charge is 0.230 e. The lowest BCUT2D eigenvalue weighted by molar-refractivity contribution is 0.309. The fourth-order valence-corrected chi connectivity index (χ4v) is 1.56. The van der Waals surface area contributed by atoms with Gasteiger partial charge in [-0.25, -0.2) is 0 Å². The number of unbranched alkanes of at least 4 members (excludes halogenated alkanes) is 1. The average Bonchev–Trinajstić information content (AvgIpc) is 2.81. The SMILES string of the molecule is CCCCOc1ccc(-c2nc(C#N)c(N)o2)cc1. The Bertz CT molecular complexity index is 582. The molecular formula is C14H15N3O2. The number of hydrogen-bond donors (Lipinski definition) is 1. The highest BCUT2D eigenvalue weighted by Crippen LogP contribution is 2.25. The summed E-state index contributed by atoms with van der Waals surface area (Å²) in [6.07, 6.45) is 2.13. The summed E-state index contributed by atoms with van der Waals surface area (Å²) in [7, 11) is 0. The normalized spacial score (nSPS) is 10.1. The molecule has 2 rings (SSSR count). The summed E-state index contributed by atoms with van der Waals surface area (Å²) in [5.41, 5.74) is 6.39. The van der Waals surface area contributed by atoms with Crippen LogP contribution in [0.4, 0.5) is 5.88 Å². The van der Waals surface area contributed by atoms with Gasteiger partial charge in [0, 0.05) is 5.56 Å². The summed E-state index contributed by atoms with van der Waals surface area (Å²) >= 11 is 0. The van der Waals surface area contributed by atoms with Crippen LogP contribution in [-0.4, -0.2) is 11.6 Å². The summed E-state index contributed by atoms with van der Waals surface area (Å²) in [6, 6.07) is 9.22. The van der Waals surface area contributed by atoms with Crippen LogP contribution < -0.4 is 10.5 Å². The lowest BCUT2D eigenvalue weighted by Crippen LogP contribution is -1.95. The van der Waals surface area contributed by atoms with Crippen LogP contribution in [0.3, 0.4) is 0 Å². The van der Waals surface area contributed by atoms with E-state index in [9.17, 15) is 0 Å². The minimum atomic E-state index is 0.0424. The van der Waals surface area contributed by atoms with Gasteiger partial charge in [-0.1, -0.05) is 13.3 Å². The molecule has 0 fully saturated rings. The Morgan fingerprint density at radius 3 is 2.68 bits per heavy atom. The van der Waals surface area contributed by atoms with Gasteiger partial charge in [0.05, 0.1) is 6.61 Å². The van der Waals surface area contributed by atoms with Gasteiger partial charge < -0.3 is 14.9 Å². The summed E-state index contributed by atoms with van der Waals surface area (Å²) in [5.74, 6) is 1.19. The molecule has 0 aliphatic rings. The number of rotatable bonds is 5. The lowest BCUT2D eigenvalue weighted by Gasteiger charge is -2.05. The van der Waals surface area contributed by atoms with Crippen molar-refractivity contribution in [2.45, 2.75) is 19.8 Å². The van der Waals surface area contributed by atoms with E-state index in [1.165, 1.54) is 0 Å². The molecule has 0 radical (unpaired) electrons. The van der Waals surface area contributed by atoms with Gasteiger partial charge in [0.25, 0.3) is 0 Å². The molecule has 1 heterocycles. The van der Waals surface area contributed by atoms with Gasteiger partial charge in [-0.05, 0) is 30.7 Å². The topological polar surface area (TPSA) is 85.1 Å². The number of hydrogen-bond acceptors (Lipinski definition) is 5. The van der Waals surface area contributed by atoms with E-state index >= 15 is 0 Å². The predicted molar refractivity (Wildman–Crippen MR) is 71.5 cm³/mol. The maximum Gasteiger partial charge on any atom is 0.230 e. The van der Waals surface area contributed by atoms with Gasteiger partial charge in [0.2, 0.25) is 17.5 Å². The van der Waals surface area contributed by atoms with Crippen molar-refractivity contribution in [2.75, 3.05) is 12.3 Å². The van der Waals surface area contributed by atoms with E-state index in [4.69, 9.17) is 20.1 Å². The minimum absolute atomic E-state index is 0.0424. The standard InChI is InChI=1S/C14H15N3O2/c1-2-3-8-18-11-6-4-10(5-7-11)14-17-12(9-15)13(16)19-14/h4-7H,2-3,8,16H2,1H3. The van der Waals surface area contributed by atoms with Crippen molar-refractivity contribution in [2.24, 2.45) is 0 Å². The second-order valence-electron chi connectivity index (χ2n) is 4.07. The number of ether oxygens (including phenoxy) is 1. The first kappa shape index (κ1) is 13.0. The van der Waals surface area contributed by atoms with Crippen LogP contribution in [0.5, 0.6) is 5.75 Å². The molecule has 98 valence electrons. The second kappa shape index (κ2) is 5.91. The van der Waals surface area contributed by atoms with Crippen LogP contribution in [-0.2, 0) is 0 Å². The van der Waals surface area contributed by atoms with E-state index < -0.39 is 0 Å². The molecule has 5 nitrogen and oxygen atoms in total. The Labute approximate surface area is 111 Å². The summed E-state index contributed by atoms with van der Waals surface area (Å²) in [4.78, 5) is 4.01. The number of nitriles is 1. The zero-order chi connectivity index (χ0) is 13.7. The van der Waals surface area contributed by atoms with Gasteiger partial charge >= 0.3 is 0 Å². The van der Waals surface area contributed by atoms with Gasteiger partial charge in [0.1, 0.15) is 11.8 Å². The molecule has 0 saturated heterocycles. The van der Waals surface area contributed by atoms with Crippen molar-refractivity contribution in [3.63, 3.8) is 0 Å². The third-order valence-electron chi connectivity index (χ3n) is 2.63. The maximum absolute atomic E-state index is 8.77. The molecule has 0 unspecified atom stereocenters. The maximum atomic E-state index is 8.77. The molecule has 1 aromatic heterocycles. The van der Waals surface area contributed by atoms with E-state index in [1.807, 2.05) is 30.3 Å². The highest BCUT2D eigenvalue weighted by atomic mass is 16.5. The molecule has 0 aliphatic carbocycles. The molecule has 0 bridgehead atoms. The van der Waals surface area contributed by atoms with Gasteiger partial charge in [-0.3, -0.25) is 0 Å². The van der Waals surface area contributed by atoms with Gasteiger partial charge in [0.15, 0.2) is 0 Å². The van der Waals surface area contributed by atoms with Crippen LogP contribution in [0.25, 0.3) is 11.5 Å². The molecular weight excluding hydrogens is 242 g/mol. The van der Waals surface area contributed by atoms with E-state index in [2.05, 4.69) is 11.9 Å². The Morgan fingerprint density at radius 1 is 1.37 bits per heavy atom. The van der Waals surface area contributed by atoms with E-state index in [1.54, 1.807) is 0 Å². The molecule has 5 heteroatoms. The summed E-state index contributed by atoms with van der Waals surface area (Å²) in [5, 5.41) is 8.77. The van der Waals surface area contributed by atoms with Crippen molar-refractivity contribution >= 4 is 5.88 Å². The number of nitrogens with zero attached hydrogens (tertiary/aromatic N) is 2. The monoisotopic (exact) mass is 257 g/mol. The Morgan fingerprint density at radius 2 is 2.11 bits per heavy atom. The first-order chi connectivity index (χ1) is 9.24. The number of nitrogens with two attached hydrogens (primary N) is 1. The summed E-state index contributed by atoms with van der Waals surface area (Å²) < 4.78 is 10.8. The fraction of sp³-hybridized carbons (Fsp3) is 0.286. The van der Waals surface area contributed by atoms with Crippen LogP contribution >= 0.6 is 0 Å². The average molecular weight is 257 g/mol. The molecule has 19 heavy (non-hydrogen) atoms. The fourth-order valence-electron chi connectivity index (χ4n) is 1.56. The molecule has 0 aliphatic heterocycles. The number of anilines is 1. The molecule has 1 aromatic carbocycles. The summed E-state index contributed by atoms with van der Waals surface area (Å²) in [6.45, 7) is 2.83. The third-order valence-corrected chi connectivity index (χ3v) is 2.63. The number of aromatic nitrogens is 1. The molecule has 2 aromatic rings. The van der Waals surface area contributed by atoms with E-state index in [0.717, 1.165) is 24.2 Å². The highest BCUT2D eigenvalue weighted by Gasteiger charge is 2.11. The predicted octanol–water partition coefficient (Wildman–Crippen LogP) is 2.97. The zero-order valence-corrected chi connectivity index (χ0v) is 10.7. The second-order valence-corrected chi connectivity index (χ2v) is 4.07. The molecule has 0 spiro atoms. The van der Waals surface area contributed by atoms with Crippen LogP contribution in [0, 0.1) is 11.3 Å². The van der Waals surface area contributed by atoms with E-state index in [-0.39, 0.29) is 11.6 Å². The Kier molecular flexibility index (Phi) is 4.04. The minimum Gasteiger partial charge on any atom is -0.494 e. The van der Waals surface area contributed by atoms with Crippen LogP contribution in [0.15, 0.2) is 28.7 Å². The number of oxazole rings is 1. The molecule has 0 atom stereocenters. The largest absolute Gasteiger partial charge is 0.494 e. The van der Waals surface area contributed by atoms with Crippen molar-refractivity contribution < 1.29 is 9.15 Å². The van der Waals surface area contributed by atoms with E-state index in [0.29, 0.717) is 12.5 Å². The molecule has 0 amide bonds. The number of nitrogen functional groups attached to an aromatic ring is 1. The highest BCUT2D eigenvalue weighted by molar-refractivity contribution is 5.58. The van der Waals surface area contributed by atoms with Crippen molar-refractivity contribution in [1.29, 1.82) is 5.26 Å². The van der Waals surface area contributed by atoms with Crippen LogP contribution in [0.1, 0.15) is 25.5 Å². The van der Waals surface area contributed by atoms with Crippen LogP contribution in [0.2, 0.25) is 0 Å². The Balaban J connectivity index is 2.11. The van der Waals surface area contributed by atoms with Gasteiger partial charge in [-0.15, -0.1) is 0 Å². The first-order valence-corrected chi connectivity index (χ1v) is 6.14. The van der Waals surface area contributed by atoms with Crippen molar-refractivity contribution in [3.8, 4) is 23.3 Å². The number of benzene rings is 1. The van der Waals surface area contributed by atoms with Crippen molar-refractivity contribution in [1.82, 2.24) is 4.98 Å². The Hall–Kier alpha value is -2.48. The molecule has 2 N–H and O–H groups in total.